The smallest absolute Gasteiger partial charge is 0.234 e. The van der Waals surface area contributed by atoms with Crippen molar-refractivity contribution in [1.29, 1.82) is 0 Å². The number of rotatable bonds is 5. The van der Waals surface area contributed by atoms with Gasteiger partial charge in [0.1, 0.15) is 0 Å². The minimum Gasteiger partial charge on any atom is -0.353 e. The van der Waals surface area contributed by atoms with Gasteiger partial charge in [-0.25, -0.2) is 0 Å². The number of hydrogen-bond donors (Lipinski definition) is 2. The summed E-state index contributed by atoms with van der Waals surface area (Å²) in [5.74, 6) is 0.596. The molecule has 0 saturated carbocycles. The van der Waals surface area contributed by atoms with Crippen molar-refractivity contribution in [2.45, 2.75) is 39.2 Å². The molecule has 2 aliphatic rings. The zero-order valence-electron chi connectivity index (χ0n) is 13.9. The molecular formula is C16H30N4O2. The molecule has 6 nitrogen and oxygen atoms in total. The molecular weight excluding hydrogens is 280 g/mol. The van der Waals surface area contributed by atoms with Crippen molar-refractivity contribution in [3.63, 3.8) is 0 Å². The van der Waals surface area contributed by atoms with E-state index in [1.807, 2.05) is 11.8 Å². The third kappa shape index (κ3) is 4.95. The first-order valence-electron chi connectivity index (χ1n) is 8.61. The molecule has 2 saturated heterocycles. The lowest BCUT2D eigenvalue weighted by Gasteiger charge is -2.37. The summed E-state index contributed by atoms with van der Waals surface area (Å²) in [5, 5.41) is 6.29. The molecule has 6 heteroatoms. The van der Waals surface area contributed by atoms with E-state index in [1.165, 1.54) is 0 Å². The van der Waals surface area contributed by atoms with Crippen LogP contribution in [0.15, 0.2) is 0 Å². The number of carbonyl (C=O) groups is 2. The molecule has 0 aromatic carbocycles. The molecule has 0 aromatic rings. The Hall–Kier alpha value is -1.14. The number of carbonyl (C=O) groups excluding carboxylic acids is 2. The molecule has 0 aliphatic carbocycles. The first-order valence-corrected chi connectivity index (χ1v) is 8.61. The number of hydrogen-bond acceptors (Lipinski definition) is 4. The molecule has 2 fully saturated rings. The van der Waals surface area contributed by atoms with Crippen LogP contribution in [0.1, 0.15) is 33.1 Å². The van der Waals surface area contributed by atoms with Crippen molar-refractivity contribution in [3.05, 3.63) is 0 Å². The van der Waals surface area contributed by atoms with E-state index in [0.29, 0.717) is 12.5 Å². The zero-order chi connectivity index (χ0) is 15.9. The van der Waals surface area contributed by atoms with E-state index in [4.69, 9.17) is 0 Å². The first-order chi connectivity index (χ1) is 10.6. The van der Waals surface area contributed by atoms with Crippen molar-refractivity contribution in [3.8, 4) is 0 Å². The minimum atomic E-state index is 0.0903. The average molecular weight is 310 g/mol. The molecule has 2 amide bonds. The van der Waals surface area contributed by atoms with E-state index in [1.54, 1.807) is 0 Å². The Morgan fingerprint density at radius 2 is 1.82 bits per heavy atom. The van der Waals surface area contributed by atoms with Crippen molar-refractivity contribution < 1.29 is 9.59 Å². The summed E-state index contributed by atoms with van der Waals surface area (Å²) < 4.78 is 0. The molecule has 2 N–H and O–H groups in total. The first kappa shape index (κ1) is 17.2. The molecule has 0 spiro atoms. The Balaban J connectivity index is 1.71. The van der Waals surface area contributed by atoms with E-state index in [2.05, 4.69) is 22.5 Å². The molecule has 1 unspecified atom stereocenters. The summed E-state index contributed by atoms with van der Waals surface area (Å²) in [6, 6.07) is 0.232. The van der Waals surface area contributed by atoms with Crippen molar-refractivity contribution >= 4 is 11.8 Å². The fourth-order valence-electron chi connectivity index (χ4n) is 3.08. The second-order valence-corrected chi connectivity index (χ2v) is 6.50. The Morgan fingerprint density at radius 3 is 2.41 bits per heavy atom. The monoisotopic (exact) mass is 310 g/mol. The van der Waals surface area contributed by atoms with E-state index in [-0.39, 0.29) is 17.9 Å². The van der Waals surface area contributed by atoms with Crippen molar-refractivity contribution in [1.82, 2.24) is 20.4 Å². The highest BCUT2D eigenvalue weighted by molar-refractivity contribution is 5.79. The van der Waals surface area contributed by atoms with Crippen LogP contribution in [0.3, 0.4) is 0 Å². The van der Waals surface area contributed by atoms with Gasteiger partial charge in [0, 0.05) is 38.1 Å². The number of piperazine rings is 1. The molecule has 0 radical (unpaired) electrons. The van der Waals surface area contributed by atoms with Gasteiger partial charge in [-0.15, -0.1) is 0 Å². The van der Waals surface area contributed by atoms with E-state index in [9.17, 15) is 9.59 Å². The van der Waals surface area contributed by atoms with Gasteiger partial charge >= 0.3 is 0 Å². The third-order valence-electron chi connectivity index (χ3n) is 4.76. The van der Waals surface area contributed by atoms with Gasteiger partial charge in [0.2, 0.25) is 11.8 Å². The molecule has 2 rings (SSSR count). The number of amides is 2. The van der Waals surface area contributed by atoms with Crippen LogP contribution in [0, 0.1) is 5.92 Å². The largest absolute Gasteiger partial charge is 0.353 e. The normalized spacial score (nSPS) is 22.4. The van der Waals surface area contributed by atoms with Crippen molar-refractivity contribution in [2.24, 2.45) is 5.92 Å². The Bertz CT molecular complexity index is 374. The van der Waals surface area contributed by atoms with Crippen LogP contribution in [-0.2, 0) is 9.59 Å². The standard InChI is InChI=1S/C16H30N4O2/c1-3-13(2)18-15(21)12-19-8-10-20(11-9-19)16(22)14-4-6-17-7-5-14/h13-14,17H,3-12H2,1-2H3,(H,18,21). The summed E-state index contributed by atoms with van der Waals surface area (Å²) >= 11 is 0. The highest BCUT2D eigenvalue weighted by Crippen LogP contribution is 2.16. The highest BCUT2D eigenvalue weighted by Gasteiger charge is 2.28. The maximum Gasteiger partial charge on any atom is 0.234 e. The third-order valence-corrected chi connectivity index (χ3v) is 4.76. The summed E-state index contributed by atoms with van der Waals surface area (Å²) in [6.45, 7) is 9.52. The quantitative estimate of drug-likeness (QED) is 0.753. The van der Waals surface area contributed by atoms with Gasteiger partial charge in [-0.2, -0.15) is 0 Å². The van der Waals surface area contributed by atoms with E-state index in [0.717, 1.165) is 58.5 Å². The lowest BCUT2D eigenvalue weighted by molar-refractivity contribution is -0.138. The predicted octanol–water partition coefficient (Wildman–Crippen LogP) is 0.0449. The zero-order valence-corrected chi connectivity index (χ0v) is 13.9. The van der Waals surface area contributed by atoms with Gasteiger partial charge in [-0.1, -0.05) is 6.92 Å². The number of nitrogens with zero attached hydrogens (tertiary/aromatic N) is 2. The molecule has 1 atom stereocenters. The minimum absolute atomic E-state index is 0.0903. The van der Waals surface area contributed by atoms with Gasteiger partial charge in [0.15, 0.2) is 0 Å². The fraction of sp³-hybridized carbons (Fsp3) is 0.875. The van der Waals surface area contributed by atoms with Crippen LogP contribution in [0.4, 0.5) is 0 Å². The second-order valence-electron chi connectivity index (χ2n) is 6.50. The molecule has 0 aromatic heterocycles. The summed E-state index contributed by atoms with van der Waals surface area (Å²) in [7, 11) is 0. The van der Waals surface area contributed by atoms with Gasteiger partial charge in [-0.05, 0) is 39.3 Å². The summed E-state index contributed by atoms with van der Waals surface area (Å²) in [5.41, 5.74) is 0. The Morgan fingerprint density at radius 1 is 1.18 bits per heavy atom. The molecule has 0 bridgehead atoms. The second kappa shape index (κ2) is 8.48. The molecule has 2 aliphatic heterocycles. The Labute approximate surface area is 133 Å². The van der Waals surface area contributed by atoms with Crippen LogP contribution < -0.4 is 10.6 Å². The topological polar surface area (TPSA) is 64.7 Å². The summed E-state index contributed by atoms with van der Waals surface area (Å²) in [4.78, 5) is 28.5. The van der Waals surface area contributed by atoms with Gasteiger partial charge in [-0.3, -0.25) is 14.5 Å². The number of nitrogens with one attached hydrogen (secondary N) is 2. The van der Waals surface area contributed by atoms with Crippen LogP contribution >= 0.6 is 0 Å². The lowest BCUT2D eigenvalue weighted by Crippen LogP contribution is -2.53. The van der Waals surface area contributed by atoms with E-state index >= 15 is 0 Å². The molecule has 2 heterocycles. The highest BCUT2D eigenvalue weighted by atomic mass is 16.2. The van der Waals surface area contributed by atoms with Crippen molar-refractivity contribution in [2.75, 3.05) is 45.8 Å². The lowest BCUT2D eigenvalue weighted by atomic mass is 9.96. The van der Waals surface area contributed by atoms with Crippen LogP contribution in [0.5, 0.6) is 0 Å². The van der Waals surface area contributed by atoms with E-state index < -0.39 is 0 Å². The van der Waals surface area contributed by atoms with Gasteiger partial charge < -0.3 is 15.5 Å². The van der Waals surface area contributed by atoms with Crippen LogP contribution in [-0.4, -0.2) is 73.5 Å². The fourth-order valence-corrected chi connectivity index (χ4v) is 3.08. The number of piperidine rings is 1. The van der Waals surface area contributed by atoms with Gasteiger partial charge in [0.25, 0.3) is 0 Å². The molecule has 126 valence electrons. The summed E-state index contributed by atoms with van der Waals surface area (Å²) in [6.07, 6.45) is 2.86. The Kier molecular flexibility index (Phi) is 6.64. The maximum absolute atomic E-state index is 12.5. The van der Waals surface area contributed by atoms with Crippen LogP contribution in [0.25, 0.3) is 0 Å². The molecule has 22 heavy (non-hydrogen) atoms. The van der Waals surface area contributed by atoms with Gasteiger partial charge in [0.05, 0.1) is 6.54 Å². The van der Waals surface area contributed by atoms with Crippen LogP contribution in [0.2, 0.25) is 0 Å². The SMILES string of the molecule is CCC(C)NC(=O)CN1CCN(C(=O)C2CCNCC2)CC1. The average Bonchev–Trinajstić information content (AvgIpc) is 2.55. The maximum atomic E-state index is 12.5. The predicted molar refractivity (Wildman–Crippen MR) is 86.5 cm³/mol.